The minimum Gasteiger partial charge on any atom is -0.497 e. The fraction of sp³-hybridized carbons (Fsp3) is 0.355. The van der Waals surface area contributed by atoms with Crippen molar-refractivity contribution in [2.75, 3.05) is 36.5 Å². The highest BCUT2D eigenvalue weighted by Crippen LogP contribution is 2.31. The Morgan fingerprint density at radius 3 is 2.48 bits per heavy atom. The van der Waals surface area contributed by atoms with E-state index >= 15 is 4.39 Å². The summed E-state index contributed by atoms with van der Waals surface area (Å²) in [6.45, 7) is 5.51. The van der Waals surface area contributed by atoms with Crippen LogP contribution in [0, 0.1) is 12.7 Å². The second kappa shape index (κ2) is 11.9. The summed E-state index contributed by atoms with van der Waals surface area (Å²) in [6.07, 6.45) is -1.62. The summed E-state index contributed by atoms with van der Waals surface area (Å²) in [5, 5.41) is 4.42. The van der Waals surface area contributed by atoms with Crippen molar-refractivity contribution in [3.05, 3.63) is 83.4 Å². The zero-order chi connectivity index (χ0) is 30.0. The number of aryl methyl sites for hydroxylation is 2. The number of alkyl halides is 3. The number of nitrogens with zero attached hydrogens (tertiary/aromatic N) is 4. The van der Waals surface area contributed by atoms with Crippen molar-refractivity contribution in [1.82, 2.24) is 9.61 Å². The van der Waals surface area contributed by atoms with Gasteiger partial charge in [-0.2, -0.15) is 5.10 Å². The van der Waals surface area contributed by atoms with Crippen LogP contribution in [0.3, 0.4) is 0 Å². The minimum absolute atomic E-state index is 0.0394. The van der Waals surface area contributed by atoms with E-state index in [-0.39, 0.29) is 29.8 Å². The lowest BCUT2D eigenvalue weighted by molar-refractivity contribution is -0.274. The molecule has 42 heavy (non-hydrogen) atoms. The Morgan fingerprint density at radius 2 is 1.81 bits per heavy atom. The van der Waals surface area contributed by atoms with Crippen molar-refractivity contribution in [1.29, 1.82) is 0 Å². The summed E-state index contributed by atoms with van der Waals surface area (Å²) in [4.78, 5) is 17.3. The normalized spacial score (nSPS) is 15.7. The molecule has 2 aromatic carbocycles. The number of carbonyl (C=O) groups is 1. The molecule has 0 bridgehead atoms. The first-order valence-corrected chi connectivity index (χ1v) is 13.8. The van der Waals surface area contributed by atoms with Gasteiger partial charge in [-0.05, 0) is 67.8 Å². The van der Waals surface area contributed by atoms with Gasteiger partial charge in [0.15, 0.2) is 5.78 Å². The molecule has 1 aliphatic heterocycles. The molecule has 0 spiro atoms. The van der Waals surface area contributed by atoms with Gasteiger partial charge in [0, 0.05) is 50.0 Å². The van der Waals surface area contributed by atoms with Crippen LogP contribution in [0.15, 0.2) is 60.8 Å². The molecule has 0 unspecified atom stereocenters. The van der Waals surface area contributed by atoms with Crippen LogP contribution >= 0.6 is 0 Å². The number of hydrogen-bond donors (Lipinski definition) is 0. The first kappa shape index (κ1) is 29.2. The third kappa shape index (κ3) is 6.29. The smallest absolute Gasteiger partial charge is 0.497 e. The predicted octanol–water partition coefficient (Wildman–Crippen LogP) is 6.61. The predicted molar refractivity (Wildman–Crippen MR) is 152 cm³/mol. The average molecular weight is 585 g/mol. The van der Waals surface area contributed by atoms with Crippen molar-refractivity contribution in [2.24, 2.45) is 0 Å². The average Bonchev–Trinajstić information content (AvgIpc) is 3.30. The maximum Gasteiger partial charge on any atom is 0.573 e. The van der Waals surface area contributed by atoms with Gasteiger partial charge in [0.1, 0.15) is 17.3 Å². The number of methoxy groups -OCH3 is 1. The molecule has 1 atom stereocenters. The molecule has 4 aromatic rings. The van der Waals surface area contributed by atoms with Gasteiger partial charge < -0.3 is 19.3 Å². The van der Waals surface area contributed by atoms with Gasteiger partial charge in [0.25, 0.3) is 0 Å². The van der Waals surface area contributed by atoms with E-state index in [1.807, 2.05) is 17.9 Å². The Hall–Kier alpha value is -4.28. The van der Waals surface area contributed by atoms with E-state index in [0.717, 1.165) is 17.7 Å². The molecule has 5 rings (SSSR count). The largest absolute Gasteiger partial charge is 0.573 e. The summed E-state index contributed by atoms with van der Waals surface area (Å²) < 4.78 is 63.8. The van der Waals surface area contributed by atoms with Crippen LogP contribution in [0.25, 0.3) is 5.52 Å². The Balaban J connectivity index is 1.23. The van der Waals surface area contributed by atoms with Crippen molar-refractivity contribution in [3.8, 4) is 11.5 Å². The highest BCUT2D eigenvalue weighted by molar-refractivity contribution is 6.03. The molecule has 7 nitrogen and oxygen atoms in total. The second-order valence-electron chi connectivity index (χ2n) is 10.3. The van der Waals surface area contributed by atoms with Crippen molar-refractivity contribution in [2.45, 2.75) is 45.5 Å². The van der Waals surface area contributed by atoms with Gasteiger partial charge in [-0.3, -0.25) is 4.79 Å². The Labute approximate surface area is 241 Å². The highest BCUT2D eigenvalue weighted by Gasteiger charge is 2.32. The van der Waals surface area contributed by atoms with Gasteiger partial charge >= 0.3 is 6.36 Å². The highest BCUT2D eigenvalue weighted by atomic mass is 19.4. The number of anilines is 2. The molecule has 0 saturated carbocycles. The van der Waals surface area contributed by atoms with Crippen LogP contribution in [-0.2, 0) is 6.42 Å². The molecule has 0 amide bonds. The summed E-state index contributed by atoms with van der Waals surface area (Å²) in [5.41, 5.74) is 3.85. The first-order valence-electron chi connectivity index (χ1n) is 13.8. The number of halogens is 4. The lowest BCUT2D eigenvalue weighted by Gasteiger charge is -2.43. The van der Waals surface area contributed by atoms with E-state index in [4.69, 9.17) is 4.74 Å². The quantitative estimate of drug-likeness (QED) is 0.163. The molecule has 0 N–H and O–H groups in total. The number of aromatic nitrogens is 2. The molecule has 1 aliphatic rings. The van der Waals surface area contributed by atoms with E-state index in [2.05, 4.69) is 14.7 Å². The Morgan fingerprint density at radius 1 is 1.05 bits per heavy atom. The molecule has 222 valence electrons. The third-order valence-electron chi connectivity index (χ3n) is 7.65. The number of ketones is 1. The van der Waals surface area contributed by atoms with Crippen LogP contribution in [0.5, 0.6) is 11.5 Å². The maximum absolute atomic E-state index is 15.3. The van der Waals surface area contributed by atoms with Crippen LogP contribution in [0.2, 0.25) is 0 Å². The molecular weight excluding hydrogens is 552 g/mol. The minimum atomic E-state index is -4.74. The fourth-order valence-corrected chi connectivity index (χ4v) is 5.56. The van der Waals surface area contributed by atoms with Gasteiger partial charge in [0.2, 0.25) is 0 Å². The molecule has 2 aromatic heterocycles. The van der Waals surface area contributed by atoms with E-state index in [1.165, 1.54) is 18.2 Å². The van der Waals surface area contributed by atoms with Crippen molar-refractivity contribution in [3.63, 3.8) is 0 Å². The zero-order valence-corrected chi connectivity index (χ0v) is 23.6. The summed E-state index contributed by atoms with van der Waals surface area (Å²) in [7, 11) is 1.57. The SMILES string of the molecule is CC[C@H]1CN(c2ccc(CCC(=O)c3c(C)nn4ccc(OC)cc34)cc2F)CCN1c1ccc(OC(F)(F)F)cc1. The molecule has 11 heteroatoms. The van der Waals surface area contributed by atoms with E-state index in [0.29, 0.717) is 54.3 Å². The van der Waals surface area contributed by atoms with Crippen LogP contribution in [0.4, 0.5) is 28.9 Å². The monoisotopic (exact) mass is 584 g/mol. The number of piperazine rings is 1. The van der Waals surface area contributed by atoms with E-state index in [9.17, 15) is 18.0 Å². The maximum atomic E-state index is 15.3. The van der Waals surface area contributed by atoms with Gasteiger partial charge in [-0.15, -0.1) is 13.2 Å². The van der Waals surface area contributed by atoms with Gasteiger partial charge in [-0.1, -0.05) is 13.0 Å². The lowest BCUT2D eigenvalue weighted by Crippen LogP contribution is -2.53. The standard InChI is InChI=1S/C31H32F4N4O3/c1-4-22-19-37(15-16-38(22)23-7-9-24(10-8-23)42-31(33,34)35)27-11-5-21(17-26(27)32)6-12-29(40)30-20(2)36-39-14-13-25(41-3)18-28(30)39/h5,7-11,13-14,17-18,22H,4,6,12,15-16,19H2,1-3H3/t22-/m0/s1. The molecule has 1 saturated heterocycles. The first-order chi connectivity index (χ1) is 20.1. The third-order valence-corrected chi connectivity index (χ3v) is 7.65. The number of hydrogen-bond acceptors (Lipinski definition) is 6. The lowest BCUT2D eigenvalue weighted by atomic mass is 10.0. The van der Waals surface area contributed by atoms with Crippen LogP contribution in [0.1, 0.15) is 41.4 Å². The topological polar surface area (TPSA) is 59.3 Å². The summed E-state index contributed by atoms with van der Waals surface area (Å²) in [5.74, 6) is -0.0570. The molecule has 0 aliphatic carbocycles. The van der Waals surface area contributed by atoms with Crippen molar-refractivity contribution < 1.29 is 31.8 Å². The fourth-order valence-electron chi connectivity index (χ4n) is 5.56. The van der Waals surface area contributed by atoms with Crippen LogP contribution < -0.4 is 19.3 Å². The molecule has 0 radical (unpaired) electrons. The number of ether oxygens (including phenoxy) is 2. The van der Waals surface area contributed by atoms with Gasteiger partial charge in [-0.25, -0.2) is 8.91 Å². The van der Waals surface area contributed by atoms with E-state index < -0.39 is 6.36 Å². The molecule has 1 fully saturated rings. The Bertz CT molecular complexity index is 1570. The summed E-state index contributed by atoms with van der Waals surface area (Å²) >= 11 is 0. The number of Topliss-reactive ketones (excluding diaryl/α,β-unsaturated/α-hetero) is 1. The number of pyridine rings is 1. The van der Waals surface area contributed by atoms with E-state index in [1.54, 1.807) is 55.1 Å². The molecular formula is C31H32F4N4O3. The van der Waals surface area contributed by atoms with Crippen molar-refractivity contribution >= 4 is 22.7 Å². The number of benzene rings is 2. The molecule has 3 heterocycles. The number of carbonyl (C=O) groups excluding carboxylic acids is 1. The summed E-state index contributed by atoms with van der Waals surface area (Å²) in [6, 6.07) is 14.5. The number of fused-ring (bicyclic) bond motifs is 1. The second-order valence-corrected chi connectivity index (χ2v) is 10.3. The number of rotatable bonds is 9. The van der Waals surface area contributed by atoms with Crippen LogP contribution in [-0.4, -0.2) is 54.5 Å². The van der Waals surface area contributed by atoms with Gasteiger partial charge in [0.05, 0.1) is 29.6 Å². The zero-order valence-electron chi connectivity index (χ0n) is 23.6. The Kier molecular flexibility index (Phi) is 8.29.